The maximum Gasteiger partial charge on any atom is 0.241 e. The molecule has 0 aliphatic carbocycles. The molecule has 2 aliphatic rings. The Hall–Kier alpha value is -1.63. The molecular formula is C13H14ClN3O3. The number of anilines is 2. The summed E-state index contributed by atoms with van der Waals surface area (Å²) < 4.78 is 0. The van der Waals surface area contributed by atoms with Crippen LogP contribution in [-0.2, 0) is 16.0 Å². The van der Waals surface area contributed by atoms with Crippen molar-refractivity contribution < 1.29 is 14.7 Å². The molecule has 1 saturated heterocycles. The highest BCUT2D eigenvalue weighted by Gasteiger charge is 2.29. The number of rotatable bonds is 2. The van der Waals surface area contributed by atoms with E-state index in [1.807, 2.05) is 0 Å². The van der Waals surface area contributed by atoms with Gasteiger partial charge in [-0.1, -0.05) is 11.6 Å². The van der Waals surface area contributed by atoms with Gasteiger partial charge in [0, 0.05) is 12.2 Å². The molecule has 0 aromatic heterocycles. The molecular weight excluding hydrogens is 282 g/mol. The molecule has 2 amide bonds. The Morgan fingerprint density at radius 1 is 1.45 bits per heavy atom. The van der Waals surface area contributed by atoms with E-state index in [0.717, 1.165) is 5.56 Å². The summed E-state index contributed by atoms with van der Waals surface area (Å²) in [6, 6.07) is 2.92. The molecule has 7 heteroatoms. The number of halogens is 1. The van der Waals surface area contributed by atoms with Crippen molar-refractivity contribution in [2.45, 2.75) is 25.0 Å². The maximum atomic E-state index is 12.1. The average molecular weight is 296 g/mol. The second-order valence-corrected chi connectivity index (χ2v) is 5.46. The van der Waals surface area contributed by atoms with E-state index in [0.29, 0.717) is 29.4 Å². The summed E-state index contributed by atoms with van der Waals surface area (Å²) in [6.45, 7) is 0.411. The van der Waals surface area contributed by atoms with Crippen molar-refractivity contribution in [1.29, 1.82) is 0 Å². The number of fused-ring (bicyclic) bond motifs is 1. The van der Waals surface area contributed by atoms with E-state index < -0.39 is 12.1 Å². The highest BCUT2D eigenvalue weighted by Crippen LogP contribution is 2.33. The minimum atomic E-state index is -0.497. The molecule has 2 atom stereocenters. The van der Waals surface area contributed by atoms with Gasteiger partial charge in [0.05, 0.1) is 29.3 Å². The minimum absolute atomic E-state index is 0.0832. The first-order valence-electron chi connectivity index (χ1n) is 6.37. The first kappa shape index (κ1) is 13.4. The Morgan fingerprint density at radius 3 is 2.95 bits per heavy atom. The van der Waals surface area contributed by atoms with Crippen LogP contribution in [0.2, 0.25) is 5.02 Å². The lowest BCUT2D eigenvalue weighted by molar-refractivity contribution is -0.118. The number of carbonyl (C=O) groups excluding carboxylic acids is 2. The number of β-amino-alcohol motifs (C(OH)–C–C–N with tert-alkyl or cyclic N) is 1. The summed E-state index contributed by atoms with van der Waals surface area (Å²) in [5.41, 5.74) is 1.98. The lowest BCUT2D eigenvalue weighted by atomic mass is 10.1. The van der Waals surface area contributed by atoms with Gasteiger partial charge in [-0.3, -0.25) is 9.59 Å². The van der Waals surface area contributed by atoms with Crippen LogP contribution in [-0.4, -0.2) is 35.6 Å². The third-order valence-electron chi connectivity index (χ3n) is 3.50. The van der Waals surface area contributed by atoms with Crippen LogP contribution in [0.3, 0.4) is 0 Å². The summed E-state index contributed by atoms with van der Waals surface area (Å²) in [5.74, 6) is -0.319. The number of benzene rings is 1. The van der Waals surface area contributed by atoms with Crippen LogP contribution >= 0.6 is 11.6 Å². The highest BCUT2D eigenvalue weighted by molar-refractivity contribution is 6.34. The third-order valence-corrected chi connectivity index (χ3v) is 3.81. The smallest absolute Gasteiger partial charge is 0.241 e. The topological polar surface area (TPSA) is 90.5 Å². The Bertz CT molecular complexity index is 590. The number of carbonyl (C=O) groups is 2. The summed E-state index contributed by atoms with van der Waals surface area (Å²) in [6.07, 6.45) is 0.174. The molecule has 2 aliphatic heterocycles. The number of amides is 2. The third kappa shape index (κ3) is 2.49. The fraction of sp³-hybridized carbons (Fsp3) is 0.385. The maximum absolute atomic E-state index is 12.1. The van der Waals surface area contributed by atoms with E-state index in [9.17, 15) is 14.7 Å². The monoisotopic (exact) mass is 295 g/mol. The van der Waals surface area contributed by atoms with Crippen LogP contribution in [0.4, 0.5) is 11.4 Å². The van der Waals surface area contributed by atoms with Gasteiger partial charge in [0.15, 0.2) is 0 Å². The largest absolute Gasteiger partial charge is 0.392 e. The lowest BCUT2D eigenvalue weighted by Crippen LogP contribution is -2.35. The van der Waals surface area contributed by atoms with E-state index in [-0.39, 0.29) is 18.2 Å². The van der Waals surface area contributed by atoms with Gasteiger partial charge in [-0.15, -0.1) is 0 Å². The van der Waals surface area contributed by atoms with Crippen LogP contribution in [0.15, 0.2) is 12.1 Å². The van der Waals surface area contributed by atoms with Gasteiger partial charge in [-0.2, -0.15) is 0 Å². The molecule has 20 heavy (non-hydrogen) atoms. The molecule has 2 heterocycles. The molecule has 3 rings (SSSR count). The fourth-order valence-corrected chi connectivity index (χ4v) is 2.69. The van der Waals surface area contributed by atoms with Gasteiger partial charge in [0.25, 0.3) is 0 Å². The highest BCUT2D eigenvalue weighted by atomic mass is 35.5. The summed E-state index contributed by atoms with van der Waals surface area (Å²) in [7, 11) is 0. The summed E-state index contributed by atoms with van der Waals surface area (Å²) >= 11 is 6.10. The number of nitrogens with one attached hydrogen (secondary N) is 3. The standard InChI is InChI=1S/C13H14ClN3O3/c14-8-4-9-6(2-12(19)16-9)1-10(8)17-13(20)11-3-7(18)5-15-11/h1,4,7,11,15,18H,2-3,5H2,(H,16,19)(H,17,20). The van der Waals surface area contributed by atoms with E-state index in [2.05, 4.69) is 16.0 Å². The molecule has 106 valence electrons. The Kier molecular flexibility index (Phi) is 3.37. The average Bonchev–Trinajstić information content (AvgIpc) is 2.95. The van der Waals surface area contributed by atoms with Crippen LogP contribution in [0.1, 0.15) is 12.0 Å². The second-order valence-electron chi connectivity index (χ2n) is 5.05. The molecule has 6 nitrogen and oxygen atoms in total. The van der Waals surface area contributed by atoms with E-state index in [1.54, 1.807) is 12.1 Å². The molecule has 1 aromatic carbocycles. The molecule has 2 unspecified atom stereocenters. The van der Waals surface area contributed by atoms with Crippen LogP contribution in [0, 0.1) is 0 Å². The van der Waals surface area contributed by atoms with Crippen molar-refractivity contribution in [2.75, 3.05) is 17.2 Å². The van der Waals surface area contributed by atoms with Gasteiger partial charge in [-0.05, 0) is 24.1 Å². The molecule has 0 saturated carbocycles. The number of hydrogen-bond donors (Lipinski definition) is 4. The molecule has 1 fully saturated rings. The second kappa shape index (κ2) is 5.05. The predicted molar refractivity (Wildman–Crippen MR) is 74.8 cm³/mol. The number of aliphatic hydroxyl groups is 1. The fourth-order valence-electron chi connectivity index (χ4n) is 2.48. The van der Waals surface area contributed by atoms with Gasteiger partial charge >= 0.3 is 0 Å². The number of aliphatic hydroxyl groups excluding tert-OH is 1. The van der Waals surface area contributed by atoms with Crippen molar-refractivity contribution in [1.82, 2.24) is 5.32 Å². The Morgan fingerprint density at radius 2 is 2.25 bits per heavy atom. The van der Waals surface area contributed by atoms with Crippen LogP contribution in [0.25, 0.3) is 0 Å². The summed E-state index contributed by atoms with van der Waals surface area (Å²) in [5, 5.41) is 18.1. The van der Waals surface area contributed by atoms with Crippen molar-refractivity contribution in [2.24, 2.45) is 0 Å². The molecule has 0 bridgehead atoms. The van der Waals surface area contributed by atoms with Gasteiger partial charge in [0.2, 0.25) is 11.8 Å². The van der Waals surface area contributed by atoms with Crippen molar-refractivity contribution >= 4 is 34.8 Å². The zero-order valence-corrected chi connectivity index (χ0v) is 11.3. The van der Waals surface area contributed by atoms with Crippen LogP contribution < -0.4 is 16.0 Å². The van der Waals surface area contributed by atoms with Gasteiger partial charge < -0.3 is 21.1 Å². The molecule has 0 radical (unpaired) electrons. The van der Waals surface area contributed by atoms with Crippen molar-refractivity contribution in [3.8, 4) is 0 Å². The first-order chi connectivity index (χ1) is 9.52. The zero-order valence-electron chi connectivity index (χ0n) is 10.6. The quantitative estimate of drug-likeness (QED) is 0.639. The minimum Gasteiger partial charge on any atom is -0.392 e. The van der Waals surface area contributed by atoms with Crippen LogP contribution in [0.5, 0.6) is 0 Å². The van der Waals surface area contributed by atoms with E-state index in [4.69, 9.17) is 11.6 Å². The molecule has 1 aromatic rings. The Labute approximate surface area is 120 Å². The SMILES string of the molecule is O=C1Cc2cc(NC(=O)C3CC(O)CN3)c(Cl)cc2N1. The van der Waals surface area contributed by atoms with Gasteiger partial charge in [0.1, 0.15) is 0 Å². The van der Waals surface area contributed by atoms with Crippen molar-refractivity contribution in [3.05, 3.63) is 22.7 Å². The molecule has 0 spiro atoms. The lowest BCUT2D eigenvalue weighted by Gasteiger charge is -2.13. The first-order valence-corrected chi connectivity index (χ1v) is 6.75. The number of hydrogen-bond acceptors (Lipinski definition) is 4. The predicted octanol–water partition coefficient (Wildman–Crippen LogP) is 0.496. The van der Waals surface area contributed by atoms with Crippen molar-refractivity contribution in [3.63, 3.8) is 0 Å². The normalized spacial score (nSPS) is 24.4. The Balaban J connectivity index is 1.76. The zero-order chi connectivity index (χ0) is 14.3. The van der Waals surface area contributed by atoms with Gasteiger partial charge in [-0.25, -0.2) is 0 Å². The van der Waals surface area contributed by atoms with E-state index >= 15 is 0 Å². The molecule has 4 N–H and O–H groups in total. The van der Waals surface area contributed by atoms with E-state index in [1.165, 1.54) is 0 Å². The summed E-state index contributed by atoms with van der Waals surface area (Å²) in [4.78, 5) is 23.4.